The number of nitrogens with zero attached hydrogens (tertiary/aromatic N) is 1. The van der Waals surface area contributed by atoms with Crippen molar-refractivity contribution in [3.05, 3.63) is 34.9 Å². The maximum atomic E-state index is 13.2. The molecule has 1 aromatic carbocycles. The Morgan fingerprint density at radius 2 is 1.57 bits per heavy atom. The van der Waals surface area contributed by atoms with E-state index in [1.165, 1.54) is 0 Å². The molecule has 0 saturated carbocycles. The van der Waals surface area contributed by atoms with Crippen molar-refractivity contribution in [2.45, 2.75) is 13.8 Å². The van der Waals surface area contributed by atoms with Crippen molar-refractivity contribution >= 4 is 17.8 Å². The zero-order valence-corrected chi connectivity index (χ0v) is 11.4. The lowest BCUT2D eigenvalue weighted by Crippen LogP contribution is -2.39. The van der Waals surface area contributed by atoms with Crippen LogP contribution in [0.5, 0.6) is 0 Å². The number of carbonyl (C=O) groups is 3. The summed E-state index contributed by atoms with van der Waals surface area (Å²) in [4.78, 5) is 36.0. The van der Waals surface area contributed by atoms with E-state index in [1.54, 1.807) is 13.8 Å². The summed E-state index contributed by atoms with van der Waals surface area (Å²) in [5.74, 6) is -6.45. The van der Waals surface area contributed by atoms with Gasteiger partial charge in [0.1, 0.15) is 0 Å². The van der Waals surface area contributed by atoms with Crippen LogP contribution in [0.3, 0.4) is 0 Å². The summed E-state index contributed by atoms with van der Waals surface area (Å²) >= 11 is 0. The fraction of sp³-hybridized carbons (Fsp3) is 0.357. The van der Waals surface area contributed by atoms with Crippen LogP contribution in [0.2, 0.25) is 0 Å². The minimum Gasteiger partial charge on any atom is -0.481 e. The lowest BCUT2D eigenvalue weighted by atomic mass is 9.95. The average molecular weight is 297 g/mol. The molecule has 0 fully saturated rings. The molecule has 21 heavy (non-hydrogen) atoms. The van der Waals surface area contributed by atoms with Gasteiger partial charge in [0.15, 0.2) is 11.6 Å². The van der Waals surface area contributed by atoms with E-state index in [0.717, 1.165) is 4.90 Å². The Bertz CT molecular complexity index is 601. The van der Waals surface area contributed by atoms with Gasteiger partial charge in [-0.25, -0.2) is 8.78 Å². The molecule has 1 heterocycles. The summed E-state index contributed by atoms with van der Waals surface area (Å²) in [5, 5.41) is 9.11. The van der Waals surface area contributed by atoms with E-state index in [0.29, 0.717) is 12.1 Å². The molecule has 1 unspecified atom stereocenters. The zero-order chi connectivity index (χ0) is 15.9. The molecule has 1 aromatic rings. The van der Waals surface area contributed by atoms with Crippen molar-refractivity contribution < 1.29 is 28.3 Å². The number of hydrogen-bond acceptors (Lipinski definition) is 3. The summed E-state index contributed by atoms with van der Waals surface area (Å²) in [6.07, 6.45) is 0. The standard InChI is InChI=1S/C14H13F2NO4/c1-6(2)9(14(20)21)5-17-12(18)7-3-10(15)11(16)4-8(7)13(17)19/h3-4,6,9H,5H2,1-2H3,(H,20,21). The molecule has 0 bridgehead atoms. The van der Waals surface area contributed by atoms with Gasteiger partial charge in [0.05, 0.1) is 17.0 Å². The first kappa shape index (κ1) is 15.1. The largest absolute Gasteiger partial charge is 0.481 e. The van der Waals surface area contributed by atoms with E-state index in [2.05, 4.69) is 0 Å². The molecule has 112 valence electrons. The van der Waals surface area contributed by atoms with E-state index in [1.807, 2.05) is 0 Å². The van der Waals surface area contributed by atoms with E-state index in [4.69, 9.17) is 5.11 Å². The molecular formula is C14H13F2NO4. The SMILES string of the molecule is CC(C)C(CN1C(=O)c2cc(F)c(F)cc2C1=O)C(=O)O. The van der Waals surface area contributed by atoms with Gasteiger partial charge >= 0.3 is 5.97 Å². The lowest BCUT2D eigenvalue weighted by Gasteiger charge is -2.21. The number of imide groups is 1. The molecule has 0 aromatic heterocycles. The third-order valence-corrected chi connectivity index (χ3v) is 3.51. The number of carbonyl (C=O) groups excluding carboxylic acids is 2. The summed E-state index contributed by atoms with van der Waals surface area (Å²) in [7, 11) is 0. The third kappa shape index (κ3) is 2.51. The minimum atomic E-state index is -1.23. The summed E-state index contributed by atoms with van der Waals surface area (Å²) in [6.45, 7) is 2.97. The first-order chi connectivity index (χ1) is 9.73. The Hall–Kier alpha value is -2.31. The number of hydrogen-bond donors (Lipinski definition) is 1. The van der Waals surface area contributed by atoms with Crippen molar-refractivity contribution in [2.75, 3.05) is 6.54 Å². The number of fused-ring (bicyclic) bond motifs is 1. The molecule has 0 radical (unpaired) electrons. The number of aliphatic carboxylic acids is 1. The molecule has 1 aliphatic heterocycles. The van der Waals surface area contributed by atoms with Crippen LogP contribution in [0.25, 0.3) is 0 Å². The van der Waals surface area contributed by atoms with Crippen molar-refractivity contribution in [3.8, 4) is 0 Å². The Balaban J connectivity index is 2.35. The van der Waals surface area contributed by atoms with Gasteiger partial charge in [-0.1, -0.05) is 13.8 Å². The highest BCUT2D eigenvalue weighted by Crippen LogP contribution is 2.27. The molecular weight excluding hydrogens is 284 g/mol. The van der Waals surface area contributed by atoms with Crippen LogP contribution in [0.1, 0.15) is 34.6 Å². The van der Waals surface area contributed by atoms with E-state index < -0.39 is 35.3 Å². The zero-order valence-electron chi connectivity index (χ0n) is 11.4. The molecule has 0 aliphatic carbocycles. The Morgan fingerprint density at radius 3 is 1.90 bits per heavy atom. The minimum absolute atomic E-state index is 0.244. The number of halogens is 2. The normalized spacial score (nSPS) is 15.6. The lowest BCUT2D eigenvalue weighted by molar-refractivity contribution is -0.143. The quantitative estimate of drug-likeness (QED) is 0.862. The number of carboxylic acids is 1. The Morgan fingerprint density at radius 1 is 1.14 bits per heavy atom. The third-order valence-electron chi connectivity index (χ3n) is 3.51. The Kier molecular flexibility index (Phi) is 3.76. The van der Waals surface area contributed by atoms with Crippen LogP contribution in [-0.4, -0.2) is 34.3 Å². The fourth-order valence-corrected chi connectivity index (χ4v) is 2.22. The van der Waals surface area contributed by atoms with Gasteiger partial charge in [0.2, 0.25) is 0 Å². The van der Waals surface area contributed by atoms with Crippen LogP contribution >= 0.6 is 0 Å². The van der Waals surface area contributed by atoms with Crippen molar-refractivity contribution in [3.63, 3.8) is 0 Å². The second-order valence-electron chi connectivity index (χ2n) is 5.22. The van der Waals surface area contributed by atoms with Crippen LogP contribution in [-0.2, 0) is 4.79 Å². The number of benzene rings is 1. The molecule has 1 aliphatic rings. The van der Waals surface area contributed by atoms with Gasteiger partial charge in [-0.2, -0.15) is 0 Å². The van der Waals surface area contributed by atoms with E-state index in [9.17, 15) is 23.2 Å². The molecule has 2 rings (SSSR count). The van der Waals surface area contributed by atoms with Gasteiger partial charge in [-0.15, -0.1) is 0 Å². The number of rotatable bonds is 4. The van der Waals surface area contributed by atoms with Crippen LogP contribution in [0.15, 0.2) is 12.1 Å². The molecule has 0 saturated heterocycles. The van der Waals surface area contributed by atoms with Gasteiger partial charge in [-0.05, 0) is 18.1 Å². The smallest absolute Gasteiger partial charge is 0.308 e. The summed E-state index contributed by atoms with van der Waals surface area (Å²) in [5.41, 5.74) is -0.487. The highest BCUT2D eigenvalue weighted by atomic mass is 19.2. The van der Waals surface area contributed by atoms with Crippen LogP contribution in [0, 0.1) is 23.5 Å². The van der Waals surface area contributed by atoms with Gasteiger partial charge in [0, 0.05) is 6.54 Å². The molecule has 1 atom stereocenters. The summed E-state index contributed by atoms with van der Waals surface area (Å²) < 4.78 is 26.3. The molecule has 7 heteroatoms. The first-order valence-corrected chi connectivity index (χ1v) is 6.32. The second-order valence-corrected chi connectivity index (χ2v) is 5.22. The van der Waals surface area contributed by atoms with Gasteiger partial charge in [0.25, 0.3) is 11.8 Å². The maximum absolute atomic E-state index is 13.2. The predicted molar refractivity (Wildman–Crippen MR) is 67.7 cm³/mol. The number of amides is 2. The van der Waals surface area contributed by atoms with Crippen LogP contribution in [0.4, 0.5) is 8.78 Å². The predicted octanol–water partition coefficient (Wildman–Crippen LogP) is 1.92. The van der Waals surface area contributed by atoms with Gasteiger partial charge < -0.3 is 5.11 Å². The van der Waals surface area contributed by atoms with Crippen LogP contribution < -0.4 is 0 Å². The molecule has 1 N–H and O–H groups in total. The van der Waals surface area contributed by atoms with Crippen molar-refractivity contribution in [1.82, 2.24) is 4.90 Å². The van der Waals surface area contributed by atoms with Gasteiger partial charge in [-0.3, -0.25) is 19.3 Å². The van der Waals surface area contributed by atoms with Crippen molar-refractivity contribution in [1.29, 1.82) is 0 Å². The summed E-state index contributed by atoms with van der Waals surface area (Å²) in [6, 6.07) is 1.33. The highest BCUT2D eigenvalue weighted by molar-refractivity contribution is 6.21. The molecule has 5 nitrogen and oxygen atoms in total. The van der Waals surface area contributed by atoms with E-state index in [-0.39, 0.29) is 23.6 Å². The molecule has 2 amide bonds. The second kappa shape index (κ2) is 5.23. The Labute approximate surface area is 119 Å². The fourth-order valence-electron chi connectivity index (χ4n) is 2.22. The molecule has 0 spiro atoms. The first-order valence-electron chi connectivity index (χ1n) is 6.32. The van der Waals surface area contributed by atoms with E-state index >= 15 is 0 Å². The average Bonchev–Trinajstić information content (AvgIpc) is 2.60. The maximum Gasteiger partial charge on any atom is 0.308 e. The number of carboxylic acid groups (broad SMARTS) is 1. The topological polar surface area (TPSA) is 74.7 Å². The monoisotopic (exact) mass is 297 g/mol. The van der Waals surface area contributed by atoms with Crippen molar-refractivity contribution in [2.24, 2.45) is 11.8 Å². The highest BCUT2D eigenvalue weighted by Gasteiger charge is 2.39.